The Kier molecular flexibility index (Phi) is 7.85. The average molecular weight is 292 g/mol. The van der Waals surface area contributed by atoms with E-state index in [-0.39, 0.29) is 35.7 Å². The maximum atomic E-state index is 11.4. The van der Waals surface area contributed by atoms with Crippen molar-refractivity contribution in [3.8, 4) is 0 Å². The molecule has 0 bridgehead atoms. The third kappa shape index (κ3) is 8.07. The number of ether oxygens (including phenoxy) is 4. The van der Waals surface area contributed by atoms with Crippen LogP contribution in [0.3, 0.4) is 0 Å². The van der Waals surface area contributed by atoms with Gasteiger partial charge in [0.1, 0.15) is 12.2 Å². The summed E-state index contributed by atoms with van der Waals surface area (Å²) in [6.07, 6.45) is -0.604. The van der Waals surface area contributed by atoms with E-state index < -0.39 is 0 Å². The molecule has 0 amide bonds. The number of thioether (sulfide) groups is 1. The van der Waals surface area contributed by atoms with Gasteiger partial charge < -0.3 is 18.9 Å². The van der Waals surface area contributed by atoms with Crippen molar-refractivity contribution in [3.05, 3.63) is 0 Å². The molecular weight excluding hydrogens is 272 g/mol. The maximum absolute atomic E-state index is 11.4. The molecule has 2 unspecified atom stereocenters. The minimum absolute atomic E-state index is 0.129. The molecule has 0 aromatic rings. The van der Waals surface area contributed by atoms with Crippen LogP contribution in [0.4, 0.5) is 0 Å². The van der Waals surface area contributed by atoms with Crippen molar-refractivity contribution in [2.45, 2.75) is 26.1 Å². The summed E-state index contributed by atoms with van der Waals surface area (Å²) in [4.78, 5) is 22.9. The topological polar surface area (TPSA) is 71.1 Å². The molecule has 0 aliphatic carbocycles. The second-order valence-corrected chi connectivity index (χ2v) is 5.23. The molecule has 19 heavy (non-hydrogen) atoms. The summed E-state index contributed by atoms with van der Waals surface area (Å²) in [6, 6.07) is 0. The van der Waals surface area contributed by atoms with Gasteiger partial charge in [0.15, 0.2) is 0 Å². The Balaban J connectivity index is 2.41. The van der Waals surface area contributed by atoms with Crippen LogP contribution in [-0.2, 0) is 28.5 Å². The van der Waals surface area contributed by atoms with E-state index in [0.29, 0.717) is 26.4 Å². The number of hydrogen-bond donors (Lipinski definition) is 0. The molecule has 110 valence electrons. The van der Waals surface area contributed by atoms with Crippen LogP contribution in [0.2, 0.25) is 0 Å². The second kappa shape index (κ2) is 9.17. The molecule has 0 aromatic heterocycles. The lowest BCUT2D eigenvalue weighted by Gasteiger charge is -2.13. The van der Waals surface area contributed by atoms with E-state index in [4.69, 9.17) is 18.9 Å². The smallest absolute Gasteiger partial charge is 0.316 e. The van der Waals surface area contributed by atoms with Gasteiger partial charge in [0.25, 0.3) is 0 Å². The Morgan fingerprint density at radius 2 is 1.32 bits per heavy atom. The van der Waals surface area contributed by atoms with E-state index in [1.165, 1.54) is 11.8 Å². The lowest BCUT2D eigenvalue weighted by Crippen LogP contribution is -2.23. The summed E-state index contributed by atoms with van der Waals surface area (Å²) < 4.78 is 20.8. The maximum Gasteiger partial charge on any atom is 0.316 e. The highest BCUT2D eigenvalue weighted by molar-refractivity contribution is 8.00. The van der Waals surface area contributed by atoms with Crippen LogP contribution in [0.15, 0.2) is 0 Å². The zero-order valence-corrected chi connectivity index (χ0v) is 12.1. The Morgan fingerprint density at radius 1 is 0.895 bits per heavy atom. The predicted octanol–water partition coefficient (Wildman–Crippen LogP) is 0.630. The summed E-state index contributed by atoms with van der Waals surface area (Å²) in [6.45, 7) is 5.03. The van der Waals surface area contributed by atoms with Crippen molar-refractivity contribution in [2.75, 3.05) is 37.9 Å². The molecule has 0 spiro atoms. The third-order valence-electron chi connectivity index (χ3n) is 2.18. The number of carbonyl (C=O) groups is 2. The highest BCUT2D eigenvalue weighted by Gasteiger charge is 2.14. The van der Waals surface area contributed by atoms with E-state index in [1.54, 1.807) is 13.8 Å². The first-order valence-electron chi connectivity index (χ1n) is 6.20. The summed E-state index contributed by atoms with van der Waals surface area (Å²) in [7, 11) is 0. The van der Waals surface area contributed by atoms with Gasteiger partial charge in [-0.05, 0) is 13.8 Å². The third-order valence-corrected chi connectivity index (χ3v) is 3.06. The lowest BCUT2D eigenvalue weighted by atomic mass is 10.4. The van der Waals surface area contributed by atoms with Crippen molar-refractivity contribution >= 4 is 23.7 Å². The van der Waals surface area contributed by atoms with Crippen molar-refractivity contribution in [3.63, 3.8) is 0 Å². The Hall–Kier alpha value is -0.790. The average Bonchev–Trinajstić information content (AvgIpc) is 2.32. The molecule has 0 aromatic carbocycles. The van der Waals surface area contributed by atoms with E-state index in [1.807, 2.05) is 0 Å². The first-order valence-corrected chi connectivity index (χ1v) is 7.35. The van der Waals surface area contributed by atoms with Crippen LogP contribution in [0.5, 0.6) is 0 Å². The van der Waals surface area contributed by atoms with Crippen molar-refractivity contribution < 1.29 is 28.5 Å². The van der Waals surface area contributed by atoms with Crippen LogP contribution in [-0.4, -0.2) is 62.1 Å². The standard InChI is InChI=1S/C12H20O6S/c1-9-5-15-3-4-16-6-10(2)18-12(14)8-19-7-11(13)17-9/h9-10H,3-8H2,1-2H3. The number of hydrogen-bond acceptors (Lipinski definition) is 7. The molecule has 0 saturated carbocycles. The number of cyclic esters (lactones) is 2. The van der Waals surface area contributed by atoms with Gasteiger partial charge >= 0.3 is 11.9 Å². The Morgan fingerprint density at radius 3 is 1.74 bits per heavy atom. The molecule has 0 N–H and O–H groups in total. The SMILES string of the molecule is CC1COCCOCC(C)OC(=O)CSCC(=O)O1. The van der Waals surface area contributed by atoms with Crippen LogP contribution in [0.1, 0.15) is 13.8 Å². The zero-order chi connectivity index (χ0) is 14.1. The minimum Gasteiger partial charge on any atom is -0.460 e. The molecule has 0 radical (unpaired) electrons. The summed E-state index contributed by atoms with van der Waals surface area (Å²) in [5.41, 5.74) is 0. The fraction of sp³-hybridized carbons (Fsp3) is 0.833. The van der Waals surface area contributed by atoms with Gasteiger partial charge in [-0.15, -0.1) is 11.8 Å². The normalized spacial score (nSPS) is 28.7. The molecule has 2 atom stereocenters. The molecule has 6 nitrogen and oxygen atoms in total. The van der Waals surface area contributed by atoms with Gasteiger partial charge in [0, 0.05) is 0 Å². The van der Waals surface area contributed by atoms with Crippen molar-refractivity contribution in [2.24, 2.45) is 0 Å². The number of esters is 2. The first-order chi connectivity index (χ1) is 9.08. The second-order valence-electron chi connectivity index (χ2n) is 4.24. The van der Waals surface area contributed by atoms with Crippen LogP contribution < -0.4 is 0 Å². The quantitative estimate of drug-likeness (QED) is 0.606. The minimum atomic E-state index is -0.354. The molecule has 1 fully saturated rings. The van der Waals surface area contributed by atoms with Gasteiger partial charge in [0.2, 0.25) is 0 Å². The molecule has 1 aliphatic rings. The fourth-order valence-electron chi connectivity index (χ4n) is 1.42. The van der Waals surface area contributed by atoms with E-state index in [0.717, 1.165) is 0 Å². The van der Waals surface area contributed by atoms with E-state index in [2.05, 4.69) is 0 Å². The molecule has 1 saturated heterocycles. The van der Waals surface area contributed by atoms with Gasteiger partial charge in [0.05, 0.1) is 37.9 Å². The Labute approximate surface area is 117 Å². The highest BCUT2D eigenvalue weighted by atomic mass is 32.2. The molecule has 1 rings (SSSR count). The Bertz CT molecular complexity index is 268. The van der Waals surface area contributed by atoms with E-state index in [9.17, 15) is 9.59 Å². The molecule has 7 heteroatoms. The molecular formula is C12H20O6S. The summed E-state index contributed by atoms with van der Waals surface area (Å²) in [5, 5.41) is 0. The monoisotopic (exact) mass is 292 g/mol. The van der Waals surface area contributed by atoms with Gasteiger partial charge in [-0.25, -0.2) is 0 Å². The molecule has 1 aliphatic heterocycles. The molecule has 1 heterocycles. The van der Waals surface area contributed by atoms with Crippen molar-refractivity contribution in [1.29, 1.82) is 0 Å². The largest absolute Gasteiger partial charge is 0.460 e. The van der Waals surface area contributed by atoms with Crippen LogP contribution in [0, 0.1) is 0 Å². The lowest BCUT2D eigenvalue weighted by molar-refractivity contribution is -0.149. The highest BCUT2D eigenvalue weighted by Crippen LogP contribution is 2.06. The predicted molar refractivity (Wildman–Crippen MR) is 70.1 cm³/mol. The van der Waals surface area contributed by atoms with Gasteiger partial charge in [-0.1, -0.05) is 0 Å². The number of carbonyl (C=O) groups excluding carboxylic acids is 2. The summed E-state index contributed by atoms with van der Waals surface area (Å²) in [5.74, 6) is -0.449. The van der Waals surface area contributed by atoms with Crippen molar-refractivity contribution in [1.82, 2.24) is 0 Å². The first kappa shape index (κ1) is 16.3. The number of rotatable bonds is 0. The summed E-state index contributed by atoms with van der Waals surface area (Å²) >= 11 is 1.17. The fourth-order valence-corrected chi connectivity index (χ4v) is 1.99. The zero-order valence-electron chi connectivity index (χ0n) is 11.3. The van der Waals surface area contributed by atoms with Gasteiger partial charge in [-0.3, -0.25) is 9.59 Å². The van der Waals surface area contributed by atoms with Crippen LogP contribution in [0.25, 0.3) is 0 Å². The van der Waals surface area contributed by atoms with E-state index >= 15 is 0 Å². The van der Waals surface area contributed by atoms with Gasteiger partial charge in [-0.2, -0.15) is 0 Å². The van der Waals surface area contributed by atoms with Crippen LogP contribution >= 0.6 is 11.8 Å².